The van der Waals surface area contributed by atoms with Gasteiger partial charge in [0.25, 0.3) is 5.91 Å². The Labute approximate surface area is 277 Å². The monoisotopic (exact) mass is 661 g/mol. The SMILES string of the molecule is CCCC(=O)CCC(C(C)=O)N1Cc2c(NC(=O)COCCOCCOCCOCCC(=O)N3CCN(CN)CC3)cccc2C1=O. The van der Waals surface area contributed by atoms with Gasteiger partial charge in [0.1, 0.15) is 12.4 Å². The van der Waals surface area contributed by atoms with Crippen LogP contribution in [0.1, 0.15) is 61.9 Å². The summed E-state index contributed by atoms with van der Waals surface area (Å²) < 4.78 is 21.9. The molecule has 0 saturated carbocycles. The molecular formula is C33H51N5O9. The molecule has 2 heterocycles. The number of carbonyl (C=O) groups excluding carboxylic acids is 5. The van der Waals surface area contributed by atoms with Gasteiger partial charge in [-0.2, -0.15) is 0 Å². The summed E-state index contributed by atoms with van der Waals surface area (Å²) in [5.41, 5.74) is 7.18. The maximum absolute atomic E-state index is 13.1. The molecule has 14 nitrogen and oxygen atoms in total. The highest BCUT2D eigenvalue weighted by molar-refractivity contribution is 6.04. The Balaban J connectivity index is 1.23. The quantitative estimate of drug-likeness (QED) is 0.162. The summed E-state index contributed by atoms with van der Waals surface area (Å²) in [5, 5.41) is 2.80. The van der Waals surface area contributed by atoms with E-state index in [0.717, 1.165) is 19.5 Å². The van der Waals surface area contributed by atoms with E-state index in [0.29, 0.717) is 82.4 Å². The molecule has 2 aliphatic heterocycles. The fourth-order valence-electron chi connectivity index (χ4n) is 5.51. The summed E-state index contributed by atoms with van der Waals surface area (Å²) in [6.45, 7) is 9.22. The lowest BCUT2D eigenvalue weighted by Crippen LogP contribution is -2.50. The van der Waals surface area contributed by atoms with Gasteiger partial charge in [-0.1, -0.05) is 13.0 Å². The highest BCUT2D eigenvalue weighted by Crippen LogP contribution is 2.32. The lowest BCUT2D eigenvalue weighted by molar-refractivity contribution is -0.134. The first-order valence-electron chi connectivity index (χ1n) is 16.5. The number of anilines is 1. The summed E-state index contributed by atoms with van der Waals surface area (Å²) in [6.07, 6.45) is 2.06. The van der Waals surface area contributed by atoms with Crippen molar-refractivity contribution in [3.63, 3.8) is 0 Å². The molecule has 3 rings (SSSR count). The first kappa shape index (κ1) is 38.2. The Morgan fingerprint density at radius 2 is 1.51 bits per heavy atom. The topological polar surface area (TPSA) is 170 Å². The Morgan fingerprint density at radius 1 is 0.872 bits per heavy atom. The molecule has 262 valence electrons. The standard InChI is InChI=1S/C33H51N5O9/c1-3-5-26(40)8-9-30(25(2)39)38-22-28-27(33(38)43)6-4-7-29(28)35-31(41)23-47-21-20-46-19-18-45-17-16-44-15-10-32(42)37-13-11-36(24-34)12-14-37/h4,6-7,30H,3,5,8-24,34H2,1-2H3,(H,35,41). The predicted octanol–water partition coefficient (Wildman–Crippen LogP) is 1.20. The van der Waals surface area contributed by atoms with Crippen molar-refractivity contribution < 1.29 is 42.9 Å². The Hall–Kier alpha value is -3.27. The smallest absolute Gasteiger partial charge is 0.255 e. The fourth-order valence-corrected chi connectivity index (χ4v) is 5.51. The molecule has 1 unspecified atom stereocenters. The largest absolute Gasteiger partial charge is 0.379 e. The van der Waals surface area contributed by atoms with Gasteiger partial charge in [-0.3, -0.25) is 28.9 Å². The van der Waals surface area contributed by atoms with E-state index in [1.54, 1.807) is 18.2 Å². The minimum absolute atomic E-state index is 0.0753. The molecule has 3 amide bonds. The summed E-state index contributed by atoms with van der Waals surface area (Å²) in [6, 6.07) is 4.37. The van der Waals surface area contributed by atoms with Crippen molar-refractivity contribution in [3.8, 4) is 0 Å². The van der Waals surface area contributed by atoms with Crippen LogP contribution in [-0.2, 0) is 44.7 Å². The third-order valence-corrected chi connectivity index (χ3v) is 8.13. The van der Waals surface area contributed by atoms with Crippen molar-refractivity contribution in [2.75, 3.05) is 91.0 Å². The Bertz CT molecular complexity index is 1190. The molecule has 0 aliphatic carbocycles. The number of nitrogens with one attached hydrogen (secondary N) is 1. The number of rotatable bonds is 23. The molecule has 0 bridgehead atoms. The second-order valence-corrected chi connectivity index (χ2v) is 11.6. The molecule has 2 aliphatic rings. The normalized spacial score (nSPS) is 15.5. The van der Waals surface area contributed by atoms with E-state index in [4.69, 9.17) is 24.7 Å². The molecule has 47 heavy (non-hydrogen) atoms. The van der Waals surface area contributed by atoms with Crippen LogP contribution in [0.15, 0.2) is 18.2 Å². The third kappa shape index (κ3) is 12.7. The van der Waals surface area contributed by atoms with Crippen LogP contribution in [0.25, 0.3) is 0 Å². The molecule has 1 fully saturated rings. The molecule has 1 aromatic rings. The predicted molar refractivity (Wildman–Crippen MR) is 174 cm³/mol. The van der Waals surface area contributed by atoms with Gasteiger partial charge in [0, 0.05) is 69.0 Å². The van der Waals surface area contributed by atoms with E-state index in [9.17, 15) is 24.0 Å². The number of ketones is 2. The van der Waals surface area contributed by atoms with Gasteiger partial charge in [0.05, 0.1) is 58.7 Å². The minimum atomic E-state index is -0.697. The number of ether oxygens (including phenoxy) is 4. The summed E-state index contributed by atoms with van der Waals surface area (Å²) in [5.74, 6) is -0.672. The van der Waals surface area contributed by atoms with Crippen LogP contribution in [0.2, 0.25) is 0 Å². The minimum Gasteiger partial charge on any atom is -0.379 e. The van der Waals surface area contributed by atoms with Crippen molar-refractivity contribution in [2.45, 2.75) is 58.5 Å². The van der Waals surface area contributed by atoms with Crippen LogP contribution < -0.4 is 11.1 Å². The van der Waals surface area contributed by atoms with E-state index >= 15 is 0 Å². The number of hydrogen-bond donors (Lipinski definition) is 2. The van der Waals surface area contributed by atoms with Gasteiger partial charge < -0.3 is 39.8 Å². The molecule has 0 aromatic heterocycles. The number of hydrogen-bond acceptors (Lipinski definition) is 11. The number of benzene rings is 1. The highest BCUT2D eigenvalue weighted by Gasteiger charge is 2.36. The van der Waals surface area contributed by atoms with E-state index in [1.807, 2.05) is 11.8 Å². The molecular weight excluding hydrogens is 610 g/mol. The summed E-state index contributed by atoms with van der Waals surface area (Å²) >= 11 is 0. The van der Waals surface area contributed by atoms with Crippen molar-refractivity contribution in [1.82, 2.24) is 14.7 Å². The molecule has 1 atom stereocenters. The molecule has 3 N–H and O–H groups in total. The van der Waals surface area contributed by atoms with Crippen LogP contribution in [0.3, 0.4) is 0 Å². The van der Waals surface area contributed by atoms with Gasteiger partial charge in [0.15, 0.2) is 5.78 Å². The molecule has 1 aromatic carbocycles. The first-order valence-corrected chi connectivity index (χ1v) is 16.5. The summed E-state index contributed by atoms with van der Waals surface area (Å²) in [4.78, 5) is 67.8. The van der Waals surface area contributed by atoms with Gasteiger partial charge in [-0.25, -0.2) is 0 Å². The first-order chi connectivity index (χ1) is 22.7. The number of fused-ring (bicyclic) bond motifs is 1. The van der Waals surface area contributed by atoms with Crippen molar-refractivity contribution in [2.24, 2.45) is 5.73 Å². The number of nitrogens with zero attached hydrogens (tertiary/aromatic N) is 3. The van der Waals surface area contributed by atoms with Gasteiger partial charge in [-0.05, 0) is 31.9 Å². The maximum atomic E-state index is 13.1. The number of amides is 3. The second-order valence-electron chi connectivity index (χ2n) is 11.6. The number of nitrogens with two attached hydrogens (primary N) is 1. The highest BCUT2D eigenvalue weighted by atomic mass is 16.6. The number of piperazine rings is 1. The molecule has 1 saturated heterocycles. The van der Waals surface area contributed by atoms with Crippen molar-refractivity contribution in [1.29, 1.82) is 0 Å². The lowest BCUT2D eigenvalue weighted by atomic mass is 10.0. The van der Waals surface area contributed by atoms with E-state index in [-0.39, 0.29) is 68.5 Å². The van der Waals surface area contributed by atoms with E-state index in [1.165, 1.54) is 11.8 Å². The van der Waals surface area contributed by atoms with Crippen LogP contribution >= 0.6 is 0 Å². The Morgan fingerprint density at radius 3 is 2.13 bits per heavy atom. The van der Waals surface area contributed by atoms with Crippen molar-refractivity contribution in [3.05, 3.63) is 29.3 Å². The lowest BCUT2D eigenvalue weighted by Gasteiger charge is -2.33. The van der Waals surface area contributed by atoms with Crippen LogP contribution in [0.5, 0.6) is 0 Å². The third-order valence-electron chi connectivity index (χ3n) is 8.13. The van der Waals surface area contributed by atoms with Gasteiger partial charge in [-0.15, -0.1) is 0 Å². The molecule has 0 radical (unpaired) electrons. The van der Waals surface area contributed by atoms with E-state index < -0.39 is 6.04 Å². The average Bonchev–Trinajstić information content (AvgIpc) is 3.39. The number of carbonyl (C=O) groups is 5. The fraction of sp³-hybridized carbons (Fsp3) is 0.667. The second kappa shape index (κ2) is 20.9. The zero-order chi connectivity index (χ0) is 34.0. The number of Topliss-reactive ketones (excluding diaryl/α,β-unsaturated/α-hetero) is 2. The Kier molecular flexibility index (Phi) is 16.9. The zero-order valence-electron chi connectivity index (χ0n) is 27.8. The average molecular weight is 662 g/mol. The molecule has 14 heteroatoms. The van der Waals surface area contributed by atoms with Crippen molar-refractivity contribution >= 4 is 35.0 Å². The zero-order valence-corrected chi connectivity index (χ0v) is 27.8. The van der Waals surface area contributed by atoms with Crippen LogP contribution in [0, 0.1) is 0 Å². The van der Waals surface area contributed by atoms with Gasteiger partial charge >= 0.3 is 0 Å². The van der Waals surface area contributed by atoms with Crippen LogP contribution in [0.4, 0.5) is 5.69 Å². The van der Waals surface area contributed by atoms with E-state index in [2.05, 4.69) is 10.2 Å². The summed E-state index contributed by atoms with van der Waals surface area (Å²) in [7, 11) is 0. The maximum Gasteiger partial charge on any atom is 0.255 e. The van der Waals surface area contributed by atoms with Gasteiger partial charge in [0.2, 0.25) is 11.8 Å². The van der Waals surface area contributed by atoms with Crippen LogP contribution in [-0.4, -0.2) is 136 Å². The molecule has 0 spiro atoms.